The van der Waals surface area contributed by atoms with Crippen molar-refractivity contribution in [3.63, 3.8) is 0 Å². The van der Waals surface area contributed by atoms with E-state index in [9.17, 15) is 0 Å². The van der Waals surface area contributed by atoms with Gasteiger partial charge in [0.25, 0.3) is 0 Å². The molecule has 0 aromatic heterocycles. The minimum atomic E-state index is -2.03. The van der Waals surface area contributed by atoms with Gasteiger partial charge in [-0.2, -0.15) is 0 Å². The lowest BCUT2D eigenvalue weighted by Crippen LogP contribution is -1.96. The minimum Gasteiger partial charge on any atom is -0.331 e. The molecule has 0 saturated heterocycles. The Morgan fingerprint density at radius 1 is 1.73 bits per heavy atom. The second kappa shape index (κ2) is 6.70. The van der Waals surface area contributed by atoms with Crippen molar-refractivity contribution in [3.8, 4) is 0 Å². The number of halogens is 1. The van der Waals surface area contributed by atoms with E-state index in [-0.39, 0.29) is 0 Å². The van der Waals surface area contributed by atoms with Gasteiger partial charge in [-0.25, -0.2) is 0 Å². The Morgan fingerprint density at radius 2 is 2.36 bits per heavy atom. The van der Waals surface area contributed by atoms with Crippen LogP contribution in [0.25, 0.3) is 0 Å². The molecule has 0 amide bonds. The first kappa shape index (κ1) is 12.2. The van der Waals surface area contributed by atoms with Crippen LogP contribution in [0, 0.1) is 0 Å². The summed E-state index contributed by atoms with van der Waals surface area (Å²) < 4.78 is 5.20. The summed E-state index contributed by atoms with van der Waals surface area (Å²) in [4.78, 5) is 0. The standard InChI is InChI=1S/C5H13ClNOPS2/c1-2-8-9(7,10)11-5-3-4-6/h2-5H2,1H3,(H2,7,10). The summed E-state index contributed by atoms with van der Waals surface area (Å²) in [6.45, 7) is 2.50. The summed E-state index contributed by atoms with van der Waals surface area (Å²) in [5.41, 5.74) is 3.66. The van der Waals surface area contributed by atoms with Gasteiger partial charge in [-0.1, -0.05) is 11.4 Å². The van der Waals surface area contributed by atoms with Crippen LogP contribution >= 0.6 is 28.6 Å². The first-order valence-electron chi connectivity index (χ1n) is 3.36. The van der Waals surface area contributed by atoms with E-state index in [4.69, 9.17) is 33.4 Å². The lowest BCUT2D eigenvalue weighted by Gasteiger charge is -2.14. The molecule has 0 aliphatic carbocycles. The van der Waals surface area contributed by atoms with Gasteiger partial charge in [-0.05, 0) is 25.2 Å². The molecule has 68 valence electrons. The van der Waals surface area contributed by atoms with Crippen molar-refractivity contribution in [1.82, 2.24) is 0 Å². The van der Waals surface area contributed by atoms with Gasteiger partial charge in [0, 0.05) is 11.6 Å². The van der Waals surface area contributed by atoms with Crippen LogP contribution in [-0.4, -0.2) is 18.2 Å². The van der Waals surface area contributed by atoms with Crippen molar-refractivity contribution < 1.29 is 4.52 Å². The normalized spacial score (nSPS) is 16.3. The molecule has 0 rings (SSSR count). The minimum absolute atomic E-state index is 0.599. The Bertz CT molecular complexity index is 146. The topological polar surface area (TPSA) is 35.2 Å². The molecule has 0 aromatic carbocycles. The molecule has 0 fully saturated rings. The molecule has 1 unspecified atom stereocenters. The maximum absolute atomic E-state index is 5.69. The molecular formula is C5H13ClNOPS2. The number of nitrogens with two attached hydrogens (primary N) is 1. The zero-order chi connectivity index (χ0) is 8.74. The van der Waals surface area contributed by atoms with Crippen molar-refractivity contribution in [1.29, 1.82) is 0 Å². The first-order valence-corrected chi connectivity index (χ1v) is 8.27. The Balaban J connectivity index is 3.47. The van der Waals surface area contributed by atoms with E-state index in [1.165, 1.54) is 11.4 Å². The highest BCUT2D eigenvalue weighted by Gasteiger charge is 2.09. The van der Waals surface area contributed by atoms with Crippen molar-refractivity contribution >= 4 is 40.4 Å². The fourth-order valence-corrected chi connectivity index (χ4v) is 4.40. The third-order valence-corrected chi connectivity index (χ3v) is 5.78. The highest BCUT2D eigenvalue weighted by atomic mass is 35.5. The van der Waals surface area contributed by atoms with Crippen molar-refractivity contribution in [2.75, 3.05) is 18.2 Å². The predicted octanol–water partition coefficient (Wildman–Crippen LogP) is 2.57. The third-order valence-electron chi connectivity index (χ3n) is 0.858. The van der Waals surface area contributed by atoms with Crippen molar-refractivity contribution in [3.05, 3.63) is 0 Å². The van der Waals surface area contributed by atoms with E-state index in [1.807, 2.05) is 6.92 Å². The van der Waals surface area contributed by atoms with Gasteiger partial charge in [-0.15, -0.1) is 11.6 Å². The Labute approximate surface area is 82.1 Å². The number of alkyl halides is 1. The van der Waals surface area contributed by atoms with Gasteiger partial charge >= 0.3 is 0 Å². The SMILES string of the molecule is CCOP(N)(=S)SCCCCl. The molecule has 0 bridgehead atoms. The van der Waals surface area contributed by atoms with Crippen molar-refractivity contribution in [2.45, 2.75) is 13.3 Å². The van der Waals surface area contributed by atoms with Crippen LogP contribution in [0.4, 0.5) is 0 Å². The van der Waals surface area contributed by atoms with Crippen LogP contribution in [0.15, 0.2) is 0 Å². The van der Waals surface area contributed by atoms with Crippen LogP contribution in [0.2, 0.25) is 0 Å². The monoisotopic (exact) mass is 233 g/mol. The average Bonchev–Trinajstić information content (AvgIpc) is 1.87. The predicted molar refractivity (Wildman–Crippen MR) is 57.9 cm³/mol. The highest BCUT2D eigenvalue weighted by molar-refractivity contribution is 8.68. The molecule has 0 radical (unpaired) electrons. The van der Waals surface area contributed by atoms with E-state index in [0.29, 0.717) is 12.5 Å². The van der Waals surface area contributed by atoms with Gasteiger partial charge in [-0.3, -0.25) is 5.50 Å². The zero-order valence-corrected chi connectivity index (χ0v) is 9.74. The maximum atomic E-state index is 5.69. The fraction of sp³-hybridized carbons (Fsp3) is 1.00. The van der Waals surface area contributed by atoms with Gasteiger partial charge in [0.15, 0.2) is 5.62 Å². The molecule has 0 aromatic rings. The molecule has 1 atom stereocenters. The quantitative estimate of drug-likeness (QED) is 0.435. The lowest BCUT2D eigenvalue weighted by atomic mass is 10.6. The van der Waals surface area contributed by atoms with E-state index in [1.54, 1.807) is 0 Å². The summed E-state index contributed by atoms with van der Waals surface area (Å²) in [6.07, 6.45) is 0.939. The van der Waals surface area contributed by atoms with E-state index in [2.05, 4.69) is 0 Å². The molecule has 0 spiro atoms. The van der Waals surface area contributed by atoms with E-state index in [0.717, 1.165) is 12.2 Å². The second-order valence-electron chi connectivity index (χ2n) is 1.83. The first-order chi connectivity index (χ1) is 5.12. The third kappa shape index (κ3) is 7.57. The molecule has 2 nitrogen and oxygen atoms in total. The van der Waals surface area contributed by atoms with Crippen LogP contribution < -0.4 is 5.50 Å². The highest BCUT2D eigenvalue weighted by Crippen LogP contribution is 2.52. The lowest BCUT2D eigenvalue weighted by molar-refractivity contribution is 0.385. The zero-order valence-electron chi connectivity index (χ0n) is 6.46. The van der Waals surface area contributed by atoms with Gasteiger partial charge < -0.3 is 4.52 Å². The van der Waals surface area contributed by atoms with Crippen LogP contribution in [-0.2, 0) is 16.3 Å². The molecular weight excluding hydrogens is 221 g/mol. The number of hydrogen-bond acceptors (Lipinski definition) is 3. The van der Waals surface area contributed by atoms with Crippen molar-refractivity contribution in [2.24, 2.45) is 5.50 Å². The molecule has 0 aliphatic rings. The largest absolute Gasteiger partial charge is 0.331 e. The molecule has 2 N–H and O–H groups in total. The van der Waals surface area contributed by atoms with Crippen LogP contribution in [0.3, 0.4) is 0 Å². The van der Waals surface area contributed by atoms with Gasteiger partial charge in [0.05, 0.1) is 6.61 Å². The molecule has 0 saturated carbocycles. The van der Waals surface area contributed by atoms with Crippen LogP contribution in [0.5, 0.6) is 0 Å². The molecule has 11 heavy (non-hydrogen) atoms. The number of rotatable bonds is 6. The summed E-state index contributed by atoms with van der Waals surface area (Å²) >= 11 is 12.1. The van der Waals surface area contributed by atoms with Gasteiger partial charge in [0.2, 0.25) is 0 Å². The molecule has 0 aliphatic heterocycles. The summed E-state index contributed by atoms with van der Waals surface area (Å²) in [5, 5.41) is 0. The van der Waals surface area contributed by atoms with Gasteiger partial charge in [0.1, 0.15) is 0 Å². The number of hydrogen-bond donors (Lipinski definition) is 1. The summed E-state index contributed by atoms with van der Waals surface area (Å²) in [6, 6.07) is 0. The van der Waals surface area contributed by atoms with E-state index >= 15 is 0 Å². The smallest absolute Gasteiger partial charge is 0.183 e. The second-order valence-corrected chi connectivity index (χ2v) is 8.94. The average molecular weight is 234 g/mol. The molecule has 6 heteroatoms. The Kier molecular flexibility index (Phi) is 7.43. The molecule has 0 heterocycles. The Hall–Kier alpha value is 1.21. The summed E-state index contributed by atoms with van der Waals surface area (Å²) in [5.74, 6) is 1.56. The van der Waals surface area contributed by atoms with Crippen LogP contribution in [0.1, 0.15) is 13.3 Å². The maximum Gasteiger partial charge on any atom is 0.183 e. The fourth-order valence-electron chi connectivity index (χ4n) is 0.464. The summed E-state index contributed by atoms with van der Waals surface area (Å²) in [7, 11) is 0. The van der Waals surface area contributed by atoms with E-state index < -0.39 is 5.62 Å². The Morgan fingerprint density at radius 3 is 2.82 bits per heavy atom.